The molecular weight excluding hydrogens is 406 g/mol. The van der Waals surface area contributed by atoms with Crippen molar-refractivity contribution < 1.29 is 4.79 Å². The molecule has 0 bridgehead atoms. The lowest BCUT2D eigenvalue weighted by Crippen LogP contribution is -2.43. The number of rotatable bonds is 3. The molecule has 4 N–H and O–H groups in total. The number of hydrogen-bond acceptors (Lipinski definition) is 5. The van der Waals surface area contributed by atoms with E-state index in [1.165, 1.54) is 0 Å². The van der Waals surface area contributed by atoms with Crippen LogP contribution in [0.3, 0.4) is 0 Å². The number of carbonyl (C=O) groups excluding carboxylic acids is 1. The van der Waals surface area contributed by atoms with Crippen LogP contribution in [0.4, 0.5) is 5.69 Å². The van der Waals surface area contributed by atoms with Gasteiger partial charge in [0.15, 0.2) is 0 Å². The summed E-state index contributed by atoms with van der Waals surface area (Å²) in [6.07, 6.45) is 5.59. The molecule has 0 spiro atoms. The highest BCUT2D eigenvalue weighted by atomic mass is 79.9. The van der Waals surface area contributed by atoms with Crippen molar-refractivity contribution in [1.29, 1.82) is 0 Å². The van der Waals surface area contributed by atoms with Gasteiger partial charge in [0.05, 0.1) is 5.52 Å². The van der Waals surface area contributed by atoms with Crippen molar-refractivity contribution in [3.8, 4) is 11.1 Å². The van der Waals surface area contributed by atoms with Gasteiger partial charge in [0.25, 0.3) is 5.91 Å². The van der Waals surface area contributed by atoms with Gasteiger partial charge in [-0.25, -0.2) is 4.98 Å². The molecule has 0 aliphatic carbocycles. The second-order valence-electron chi connectivity index (χ2n) is 6.83. The molecule has 0 radical (unpaired) electrons. The van der Waals surface area contributed by atoms with Crippen molar-refractivity contribution in [2.45, 2.75) is 18.9 Å². The molecule has 3 aromatic rings. The zero-order valence-corrected chi connectivity index (χ0v) is 16.3. The summed E-state index contributed by atoms with van der Waals surface area (Å²) in [5.41, 5.74) is 15.3. The van der Waals surface area contributed by atoms with Crippen molar-refractivity contribution in [2.75, 3.05) is 18.0 Å². The van der Waals surface area contributed by atoms with E-state index in [9.17, 15) is 4.79 Å². The number of benzene rings is 1. The van der Waals surface area contributed by atoms with Crippen molar-refractivity contribution in [1.82, 2.24) is 9.97 Å². The van der Waals surface area contributed by atoms with E-state index < -0.39 is 5.91 Å². The molecule has 1 aromatic carbocycles. The quantitative estimate of drug-likeness (QED) is 0.671. The van der Waals surface area contributed by atoms with E-state index in [2.05, 4.69) is 30.8 Å². The molecule has 3 heterocycles. The standard InChI is InChI=1S/C20H20BrN5O/c21-13-4-3-12-8-15(19(20(23)27)25-17(12)9-13)16-10-24-6-5-18(16)26-7-1-2-14(22)11-26/h3-6,8-10,14H,1-2,7,11,22H2,(H2,23,27)/t14-/m0/s1. The summed E-state index contributed by atoms with van der Waals surface area (Å²) in [7, 11) is 0. The topological polar surface area (TPSA) is 98.1 Å². The first-order chi connectivity index (χ1) is 13.0. The molecule has 1 aliphatic heterocycles. The van der Waals surface area contributed by atoms with Gasteiger partial charge < -0.3 is 16.4 Å². The number of nitrogens with zero attached hydrogens (tertiary/aromatic N) is 3. The second-order valence-corrected chi connectivity index (χ2v) is 7.74. The van der Waals surface area contributed by atoms with Crippen LogP contribution in [-0.4, -0.2) is 35.0 Å². The smallest absolute Gasteiger partial charge is 0.267 e. The van der Waals surface area contributed by atoms with Crippen LogP contribution in [0.25, 0.3) is 22.0 Å². The van der Waals surface area contributed by atoms with Crippen LogP contribution >= 0.6 is 15.9 Å². The number of carbonyl (C=O) groups is 1. The predicted octanol–water partition coefficient (Wildman–Crippen LogP) is 3.09. The van der Waals surface area contributed by atoms with E-state index in [-0.39, 0.29) is 11.7 Å². The minimum atomic E-state index is -0.558. The normalized spacial score (nSPS) is 17.3. The highest BCUT2D eigenvalue weighted by molar-refractivity contribution is 9.10. The van der Waals surface area contributed by atoms with Gasteiger partial charge in [-0.05, 0) is 37.1 Å². The Labute approximate surface area is 165 Å². The average molecular weight is 426 g/mol. The number of hydrogen-bond donors (Lipinski definition) is 2. The minimum Gasteiger partial charge on any atom is -0.369 e. The van der Waals surface area contributed by atoms with E-state index >= 15 is 0 Å². The Balaban J connectivity index is 1.90. The molecule has 138 valence electrons. The Morgan fingerprint density at radius 3 is 2.85 bits per heavy atom. The van der Waals surface area contributed by atoms with Crippen LogP contribution in [0.15, 0.2) is 47.2 Å². The lowest BCUT2D eigenvalue weighted by Gasteiger charge is -2.34. The number of halogens is 1. The number of piperidine rings is 1. The summed E-state index contributed by atoms with van der Waals surface area (Å²) in [4.78, 5) is 23.2. The van der Waals surface area contributed by atoms with Crippen molar-refractivity contribution in [3.63, 3.8) is 0 Å². The monoisotopic (exact) mass is 425 g/mol. The largest absolute Gasteiger partial charge is 0.369 e. The first-order valence-corrected chi connectivity index (χ1v) is 9.67. The molecule has 27 heavy (non-hydrogen) atoms. The van der Waals surface area contributed by atoms with Crippen LogP contribution in [0, 0.1) is 0 Å². The Hall–Kier alpha value is -2.51. The van der Waals surface area contributed by atoms with Crippen LogP contribution in [0.5, 0.6) is 0 Å². The maximum atomic E-state index is 12.2. The second kappa shape index (κ2) is 7.25. The molecular formula is C20H20BrN5O. The molecule has 1 atom stereocenters. The summed E-state index contributed by atoms with van der Waals surface area (Å²) < 4.78 is 0.898. The lowest BCUT2D eigenvalue weighted by atomic mass is 9.98. The molecule has 0 unspecified atom stereocenters. The summed E-state index contributed by atoms with van der Waals surface area (Å²) in [5, 5.41) is 0.934. The molecule has 1 aliphatic rings. The first-order valence-electron chi connectivity index (χ1n) is 8.88. The molecule has 6 nitrogen and oxygen atoms in total. The molecule has 7 heteroatoms. The summed E-state index contributed by atoms with van der Waals surface area (Å²) in [6.45, 7) is 1.70. The number of pyridine rings is 2. The third kappa shape index (κ3) is 3.52. The van der Waals surface area contributed by atoms with Gasteiger partial charge in [-0.3, -0.25) is 9.78 Å². The van der Waals surface area contributed by atoms with Gasteiger partial charge in [-0.15, -0.1) is 0 Å². The average Bonchev–Trinajstić information content (AvgIpc) is 2.67. The third-order valence-corrected chi connectivity index (χ3v) is 5.39. The van der Waals surface area contributed by atoms with E-state index in [0.717, 1.165) is 47.0 Å². The summed E-state index contributed by atoms with van der Waals surface area (Å²) in [6, 6.07) is 9.85. The van der Waals surface area contributed by atoms with Crippen LogP contribution in [0.2, 0.25) is 0 Å². The van der Waals surface area contributed by atoms with Gasteiger partial charge in [0.2, 0.25) is 0 Å². The van der Waals surface area contributed by atoms with E-state index in [4.69, 9.17) is 11.5 Å². The van der Waals surface area contributed by atoms with Gasteiger partial charge in [0.1, 0.15) is 5.69 Å². The molecule has 1 amide bonds. The van der Waals surface area contributed by atoms with Gasteiger partial charge in [-0.2, -0.15) is 0 Å². The number of fused-ring (bicyclic) bond motifs is 1. The lowest BCUT2D eigenvalue weighted by molar-refractivity contribution is 0.0996. The number of nitrogens with two attached hydrogens (primary N) is 2. The number of primary amides is 1. The van der Waals surface area contributed by atoms with E-state index in [1.54, 1.807) is 12.4 Å². The SMILES string of the molecule is NC(=O)c1nc2cc(Br)ccc2cc1-c1cnccc1N1CCC[C@H](N)C1. The predicted molar refractivity (Wildman–Crippen MR) is 111 cm³/mol. The molecule has 2 aromatic heterocycles. The Morgan fingerprint density at radius 1 is 1.22 bits per heavy atom. The van der Waals surface area contributed by atoms with Gasteiger partial charge in [0, 0.05) is 58.2 Å². The number of anilines is 1. The zero-order chi connectivity index (χ0) is 19.0. The fourth-order valence-electron chi connectivity index (χ4n) is 3.63. The molecule has 1 saturated heterocycles. The number of aromatic nitrogens is 2. The van der Waals surface area contributed by atoms with Gasteiger partial charge in [-0.1, -0.05) is 22.0 Å². The third-order valence-electron chi connectivity index (χ3n) is 4.90. The van der Waals surface area contributed by atoms with Crippen LogP contribution < -0.4 is 16.4 Å². The molecule has 1 fully saturated rings. The molecule has 0 saturated carbocycles. The Kier molecular flexibility index (Phi) is 4.80. The Morgan fingerprint density at radius 2 is 2.07 bits per heavy atom. The maximum Gasteiger partial charge on any atom is 0.267 e. The fourth-order valence-corrected chi connectivity index (χ4v) is 3.98. The van der Waals surface area contributed by atoms with E-state index in [1.807, 2.05) is 30.3 Å². The van der Waals surface area contributed by atoms with Crippen molar-refractivity contribution >= 4 is 38.4 Å². The van der Waals surface area contributed by atoms with Crippen LogP contribution in [-0.2, 0) is 0 Å². The zero-order valence-electron chi connectivity index (χ0n) is 14.7. The van der Waals surface area contributed by atoms with Crippen LogP contribution in [0.1, 0.15) is 23.3 Å². The molecule has 4 rings (SSSR count). The summed E-state index contributed by atoms with van der Waals surface area (Å²) in [5.74, 6) is -0.558. The number of amides is 1. The van der Waals surface area contributed by atoms with Crippen molar-refractivity contribution in [2.24, 2.45) is 11.5 Å². The maximum absolute atomic E-state index is 12.2. The van der Waals surface area contributed by atoms with E-state index in [0.29, 0.717) is 11.1 Å². The first kappa shape index (κ1) is 17.9. The highest BCUT2D eigenvalue weighted by Crippen LogP contribution is 2.35. The van der Waals surface area contributed by atoms with Gasteiger partial charge >= 0.3 is 0 Å². The van der Waals surface area contributed by atoms with Crippen molar-refractivity contribution in [3.05, 3.63) is 52.9 Å². The highest BCUT2D eigenvalue weighted by Gasteiger charge is 2.22. The Bertz CT molecular complexity index is 1020. The summed E-state index contributed by atoms with van der Waals surface area (Å²) >= 11 is 3.44. The minimum absolute atomic E-state index is 0.141. The fraction of sp³-hybridized carbons (Fsp3) is 0.250.